The number of rotatable bonds is 8. The summed E-state index contributed by atoms with van der Waals surface area (Å²) in [6.07, 6.45) is 0.359. The van der Waals surface area contributed by atoms with Crippen molar-refractivity contribution in [2.75, 3.05) is 0 Å². The summed E-state index contributed by atoms with van der Waals surface area (Å²) in [5, 5.41) is 9.03. The van der Waals surface area contributed by atoms with Gasteiger partial charge in [-0.25, -0.2) is 0 Å². The number of nitrogens with two attached hydrogens (primary N) is 1. The van der Waals surface area contributed by atoms with Crippen molar-refractivity contribution in [2.45, 2.75) is 38.7 Å². The van der Waals surface area contributed by atoms with Gasteiger partial charge in [0.2, 0.25) is 5.91 Å². The Hall–Kier alpha value is -0.963. The molecular formula is C10H21NO6Si. The highest BCUT2D eigenvalue weighted by atomic mass is 28.4. The highest BCUT2D eigenvalue weighted by Gasteiger charge is 2.39. The number of primary amides is 1. The Kier molecular flexibility index (Phi) is 6.47. The molecule has 8 heteroatoms. The molecule has 1 unspecified atom stereocenters. The fourth-order valence-electron chi connectivity index (χ4n) is 1.71. The second kappa shape index (κ2) is 6.83. The smallest absolute Gasteiger partial charge is 0.481 e. The molecule has 18 heavy (non-hydrogen) atoms. The van der Waals surface area contributed by atoms with E-state index in [2.05, 4.69) is 0 Å². The molecule has 0 rings (SSSR count). The van der Waals surface area contributed by atoms with Crippen LogP contribution in [-0.2, 0) is 9.59 Å². The topological polar surface area (TPSA) is 141 Å². The fourth-order valence-corrected chi connectivity index (χ4v) is 2.31. The molecule has 0 aromatic carbocycles. The van der Waals surface area contributed by atoms with Crippen molar-refractivity contribution in [1.29, 1.82) is 0 Å². The van der Waals surface area contributed by atoms with Crippen molar-refractivity contribution < 1.29 is 29.1 Å². The number of amides is 1. The number of hydrogen-bond donors (Lipinski definition) is 5. The van der Waals surface area contributed by atoms with Crippen molar-refractivity contribution in [3.05, 3.63) is 0 Å². The summed E-state index contributed by atoms with van der Waals surface area (Å²) in [6, 6.07) is 0. The molecule has 0 fully saturated rings. The van der Waals surface area contributed by atoms with Gasteiger partial charge in [-0.2, -0.15) is 0 Å². The highest BCUT2D eigenvalue weighted by molar-refractivity contribution is 6.57. The average molecular weight is 279 g/mol. The van der Waals surface area contributed by atoms with Gasteiger partial charge in [-0.3, -0.25) is 9.59 Å². The summed E-state index contributed by atoms with van der Waals surface area (Å²) in [5.41, 5.74) is 4.23. The first-order valence-electron chi connectivity index (χ1n) is 5.78. The molecule has 0 saturated heterocycles. The van der Waals surface area contributed by atoms with Crippen LogP contribution < -0.4 is 5.73 Å². The van der Waals surface area contributed by atoms with Crippen LogP contribution >= 0.6 is 0 Å². The molecule has 3 atom stereocenters. The van der Waals surface area contributed by atoms with Crippen LogP contribution in [0.25, 0.3) is 0 Å². The first kappa shape index (κ1) is 17.0. The predicted octanol–water partition coefficient (Wildman–Crippen LogP) is -0.715. The minimum absolute atomic E-state index is 0.0377. The van der Waals surface area contributed by atoms with Crippen molar-refractivity contribution >= 4 is 20.7 Å². The fraction of sp³-hybridized carbons (Fsp3) is 0.800. The van der Waals surface area contributed by atoms with E-state index in [9.17, 15) is 9.59 Å². The molecule has 6 N–H and O–H groups in total. The largest absolute Gasteiger partial charge is 0.495 e. The Morgan fingerprint density at radius 3 is 1.94 bits per heavy atom. The lowest BCUT2D eigenvalue weighted by Crippen LogP contribution is -2.41. The van der Waals surface area contributed by atoms with Crippen LogP contribution in [0.2, 0.25) is 5.54 Å². The second-order valence-corrected chi connectivity index (χ2v) is 6.96. The third kappa shape index (κ3) is 5.58. The van der Waals surface area contributed by atoms with Gasteiger partial charge < -0.3 is 25.2 Å². The summed E-state index contributed by atoms with van der Waals surface area (Å²) in [5.74, 6) is -3.21. The van der Waals surface area contributed by atoms with Crippen LogP contribution in [0.5, 0.6) is 0 Å². The minimum Gasteiger partial charge on any atom is -0.481 e. The van der Waals surface area contributed by atoms with Gasteiger partial charge in [0.15, 0.2) is 0 Å². The van der Waals surface area contributed by atoms with Gasteiger partial charge in [0.1, 0.15) is 0 Å². The van der Waals surface area contributed by atoms with E-state index in [4.69, 9.17) is 25.2 Å². The third-order valence-electron chi connectivity index (χ3n) is 3.11. The molecular weight excluding hydrogens is 258 g/mol. The van der Waals surface area contributed by atoms with Gasteiger partial charge in [0, 0.05) is 11.5 Å². The minimum atomic E-state index is -4.34. The lowest BCUT2D eigenvalue weighted by Gasteiger charge is -2.23. The molecule has 0 aliphatic carbocycles. The highest BCUT2D eigenvalue weighted by Crippen LogP contribution is 2.28. The van der Waals surface area contributed by atoms with Gasteiger partial charge in [0.05, 0.1) is 5.92 Å². The molecule has 0 heterocycles. The molecule has 0 aromatic rings. The average Bonchev–Trinajstić information content (AvgIpc) is 2.21. The van der Waals surface area contributed by atoms with Gasteiger partial charge in [0.25, 0.3) is 0 Å². The number of hydrogen-bond acceptors (Lipinski definition) is 5. The Balaban J connectivity index is 4.68. The molecule has 0 bridgehead atoms. The lowest BCUT2D eigenvalue weighted by atomic mass is 9.89. The van der Waals surface area contributed by atoms with Crippen LogP contribution in [0.15, 0.2) is 0 Å². The van der Waals surface area contributed by atoms with Crippen molar-refractivity contribution in [3.63, 3.8) is 0 Å². The molecule has 106 valence electrons. The van der Waals surface area contributed by atoms with Gasteiger partial charge in [-0.15, -0.1) is 0 Å². The van der Waals surface area contributed by atoms with Gasteiger partial charge in [-0.1, -0.05) is 13.8 Å². The van der Waals surface area contributed by atoms with Crippen LogP contribution in [0, 0.1) is 11.8 Å². The number of aliphatic carboxylic acids is 1. The summed E-state index contributed by atoms with van der Waals surface area (Å²) in [7, 11) is -4.34. The van der Waals surface area contributed by atoms with E-state index in [1.165, 1.54) is 6.92 Å². The summed E-state index contributed by atoms with van der Waals surface area (Å²) in [6.45, 7) is 3.09. The Morgan fingerprint density at radius 2 is 1.67 bits per heavy atom. The third-order valence-corrected chi connectivity index (χ3v) is 4.67. The zero-order chi connectivity index (χ0) is 14.5. The molecule has 0 aliphatic heterocycles. The van der Waals surface area contributed by atoms with Crippen molar-refractivity contribution in [3.8, 4) is 0 Å². The Labute approximate surface area is 107 Å². The quantitative estimate of drug-likeness (QED) is 0.371. The number of carboxylic acid groups (broad SMARTS) is 1. The molecule has 0 saturated carbocycles. The molecule has 0 spiro atoms. The monoisotopic (exact) mass is 279 g/mol. The standard InChI is InChI=1S/C10H21NO6Si/c1-3-7(9(11)12)5-8(10(13)14)4-6(2)18(15,16)17/h6-8,15-17H,3-5H2,1-2H3,(H2,11,12)(H,13,14)/t6?,7-,8+/m1/s1. The Bertz CT molecular complexity index is 303. The zero-order valence-corrected chi connectivity index (χ0v) is 11.5. The lowest BCUT2D eigenvalue weighted by molar-refractivity contribution is -0.143. The van der Waals surface area contributed by atoms with E-state index in [1.54, 1.807) is 6.92 Å². The van der Waals surface area contributed by atoms with E-state index in [-0.39, 0.29) is 12.8 Å². The number of carbonyl (C=O) groups is 2. The maximum Gasteiger partial charge on any atom is 0.495 e. The van der Waals surface area contributed by atoms with Gasteiger partial charge in [-0.05, 0) is 19.3 Å². The van der Waals surface area contributed by atoms with Crippen molar-refractivity contribution in [2.24, 2.45) is 17.6 Å². The first-order chi connectivity index (χ1) is 8.09. The molecule has 0 aromatic heterocycles. The van der Waals surface area contributed by atoms with Crippen LogP contribution in [0.4, 0.5) is 0 Å². The number of carboxylic acids is 1. The van der Waals surface area contributed by atoms with Gasteiger partial charge >= 0.3 is 14.8 Å². The SMILES string of the molecule is CC[C@H](C[C@H](CC(C)[Si](O)(O)O)C(=O)O)C(N)=O. The second-order valence-electron chi connectivity index (χ2n) is 4.60. The summed E-state index contributed by atoms with van der Waals surface area (Å²) >= 11 is 0. The molecule has 1 amide bonds. The van der Waals surface area contributed by atoms with E-state index in [0.29, 0.717) is 6.42 Å². The Morgan fingerprint density at radius 1 is 1.17 bits per heavy atom. The van der Waals surface area contributed by atoms with E-state index < -0.39 is 38.1 Å². The maximum absolute atomic E-state index is 11.1. The number of carbonyl (C=O) groups excluding carboxylic acids is 1. The summed E-state index contributed by atoms with van der Waals surface area (Å²) in [4.78, 5) is 49.4. The van der Waals surface area contributed by atoms with E-state index >= 15 is 0 Å². The van der Waals surface area contributed by atoms with Crippen LogP contribution in [0.3, 0.4) is 0 Å². The maximum atomic E-state index is 11.1. The summed E-state index contributed by atoms with van der Waals surface area (Å²) < 4.78 is 0. The molecule has 0 aliphatic rings. The van der Waals surface area contributed by atoms with E-state index in [0.717, 1.165) is 0 Å². The molecule has 0 radical (unpaired) electrons. The first-order valence-corrected chi connectivity index (χ1v) is 7.70. The molecule has 7 nitrogen and oxygen atoms in total. The van der Waals surface area contributed by atoms with Crippen molar-refractivity contribution in [1.82, 2.24) is 0 Å². The zero-order valence-electron chi connectivity index (χ0n) is 10.5. The van der Waals surface area contributed by atoms with Crippen LogP contribution in [0.1, 0.15) is 33.1 Å². The predicted molar refractivity (Wildman–Crippen MR) is 65.2 cm³/mol. The van der Waals surface area contributed by atoms with Crippen LogP contribution in [-0.4, -0.2) is 40.2 Å². The van der Waals surface area contributed by atoms with E-state index in [1.807, 2.05) is 0 Å². The normalized spacial score (nSPS) is 16.9.